The number of non-ortho nitro benzene ring substituents is 1. The highest BCUT2D eigenvalue weighted by Crippen LogP contribution is 2.20. The lowest BCUT2D eigenvalue weighted by molar-refractivity contribution is -0.384. The van der Waals surface area contributed by atoms with Crippen molar-refractivity contribution in [1.29, 1.82) is 0 Å². The summed E-state index contributed by atoms with van der Waals surface area (Å²) in [6.45, 7) is 3.13. The van der Waals surface area contributed by atoms with Crippen molar-refractivity contribution in [3.8, 4) is 0 Å². The molecule has 0 N–H and O–H groups in total. The number of nitrogens with zero attached hydrogens (tertiary/aromatic N) is 3. The molecule has 3 rings (SSSR count). The number of amides is 1. The number of hydrogen-bond acceptors (Lipinski definition) is 5. The number of hydrogen-bond donors (Lipinski definition) is 0. The highest BCUT2D eigenvalue weighted by Gasteiger charge is 2.21. The number of benzene rings is 2. The molecule has 0 aromatic heterocycles. The maximum absolute atomic E-state index is 12.3. The van der Waals surface area contributed by atoms with Crippen LogP contribution in [0.1, 0.15) is 5.56 Å². The van der Waals surface area contributed by atoms with Crippen molar-refractivity contribution < 1.29 is 14.5 Å². The number of anilines is 1. The molecule has 1 fully saturated rings. The van der Waals surface area contributed by atoms with Gasteiger partial charge in [-0.25, -0.2) is 0 Å². The molecule has 7 nitrogen and oxygen atoms in total. The van der Waals surface area contributed by atoms with E-state index < -0.39 is 4.92 Å². The zero-order valence-corrected chi connectivity index (χ0v) is 14.4. The summed E-state index contributed by atoms with van der Waals surface area (Å²) in [5.74, 6) is -0.00993. The maximum atomic E-state index is 12.3. The van der Waals surface area contributed by atoms with Gasteiger partial charge in [0.15, 0.2) is 0 Å². The van der Waals surface area contributed by atoms with Crippen molar-refractivity contribution in [3.05, 3.63) is 70.3 Å². The van der Waals surface area contributed by atoms with Crippen molar-refractivity contribution in [2.24, 2.45) is 0 Å². The number of nitro benzene ring substituents is 1. The molecule has 1 amide bonds. The summed E-state index contributed by atoms with van der Waals surface area (Å²) in [4.78, 5) is 26.5. The van der Waals surface area contributed by atoms with Crippen LogP contribution < -0.4 is 4.90 Å². The Morgan fingerprint density at radius 2 is 1.65 bits per heavy atom. The van der Waals surface area contributed by atoms with E-state index in [1.165, 1.54) is 12.1 Å². The first kappa shape index (κ1) is 17.9. The lowest BCUT2D eigenvalue weighted by Crippen LogP contribution is -2.49. The van der Waals surface area contributed by atoms with Crippen LogP contribution in [0.15, 0.2) is 54.6 Å². The van der Waals surface area contributed by atoms with E-state index >= 15 is 0 Å². The number of carbonyl (C=O) groups excluding carboxylic acids is 1. The smallest absolute Gasteiger partial charge is 0.269 e. The third-order valence-electron chi connectivity index (χ3n) is 4.40. The highest BCUT2D eigenvalue weighted by atomic mass is 16.6. The molecule has 0 unspecified atom stereocenters. The van der Waals surface area contributed by atoms with Gasteiger partial charge in [-0.2, -0.15) is 0 Å². The first-order valence-electron chi connectivity index (χ1n) is 8.52. The normalized spacial score (nSPS) is 14.3. The van der Waals surface area contributed by atoms with Gasteiger partial charge in [0, 0.05) is 44.0 Å². The second-order valence-corrected chi connectivity index (χ2v) is 6.12. The summed E-state index contributed by atoms with van der Waals surface area (Å²) < 4.78 is 5.51. The molecule has 7 heteroatoms. The van der Waals surface area contributed by atoms with Gasteiger partial charge < -0.3 is 14.5 Å². The van der Waals surface area contributed by atoms with Gasteiger partial charge in [-0.15, -0.1) is 0 Å². The average Bonchev–Trinajstić information content (AvgIpc) is 2.69. The summed E-state index contributed by atoms with van der Waals surface area (Å²) in [5.41, 5.74) is 2.06. The zero-order chi connectivity index (χ0) is 18.4. The van der Waals surface area contributed by atoms with Crippen molar-refractivity contribution in [2.45, 2.75) is 6.61 Å². The second-order valence-electron chi connectivity index (χ2n) is 6.12. The Bertz CT molecular complexity index is 741. The Morgan fingerprint density at radius 3 is 2.27 bits per heavy atom. The molecular formula is C19H21N3O4. The van der Waals surface area contributed by atoms with E-state index in [1.54, 1.807) is 17.0 Å². The number of ether oxygens (including phenoxy) is 1. The van der Waals surface area contributed by atoms with Crippen molar-refractivity contribution in [2.75, 3.05) is 37.7 Å². The summed E-state index contributed by atoms with van der Waals surface area (Å²) in [5, 5.41) is 10.7. The van der Waals surface area contributed by atoms with Gasteiger partial charge in [0.2, 0.25) is 5.91 Å². The first-order valence-corrected chi connectivity index (χ1v) is 8.52. The molecule has 0 atom stereocenters. The van der Waals surface area contributed by atoms with Crippen LogP contribution in [0.3, 0.4) is 0 Å². The second kappa shape index (κ2) is 8.44. The van der Waals surface area contributed by atoms with Gasteiger partial charge in [-0.05, 0) is 17.7 Å². The Balaban J connectivity index is 1.44. The monoisotopic (exact) mass is 355 g/mol. The fourth-order valence-corrected chi connectivity index (χ4v) is 2.92. The van der Waals surface area contributed by atoms with E-state index in [4.69, 9.17) is 4.74 Å². The van der Waals surface area contributed by atoms with Gasteiger partial charge in [0.25, 0.3) is 5.69 Å². The van der Waals surface area contributed by atoms with Gasteiger partial charge in [0.05, 0.1) is 11.5 Å². The number of carbonyl (C=O) groups is 1. The molecule has 2 aromatic rings. The standard InChI is InChI=1S/C19H21N3O4/c23-19(15-26-14-16-4-2-1-3-5-16)21-12-10-20(11-13-21)17-6-8-18(9-7-17)22(24)25/h1-9H,10-15H2. The van der Waals surface area contributed by atoms with E-state index in [1.807, 2.05) is 30.3 Å². The van der Waals surface area contributed by atoms with Gasteiger partial charge in [-0.1, -0.05) is 30.3 Å². The van der Waals surface area contributed by atoms with Crippen LogP contribution in [0.2, 0.25) is 0 Å². The molecule has 0 aliphatic carbocycles. The van der Waals surface area contributed by atoms with Crippen LogP contribution in [0, 0.1) is 10.1 Å². The van der Waals surface area contributed by atoms with Crippen LogP contribution in [-0.4, -0.2) is 48.5 Å². The number of nitro groups is 1. The van der Waals surface area contributed by atoms with Gasteiger partial charge in [-0.3, -0.25) is 14.9 Å². The van der Waals surface area contributed by atoms with Crippen LogP contribution >= 0.6 is 0 Å². The molecule has 2 aromatic carbocycles. The minimum absolute atomic E-state index is 0.00993. The van der Waals surface area contributed by atoms with E-state index in [-0.39, 0.29) is 18.2 Å². The third-order valence-corrected chi connectivity index (χ3v) is 4.40. The molecule has 136 valence electrons. The Kier molecular flexibility index (Phi) is 5.80. The molecule has 0 spiro atoms. The van der Waals surface area contributed by atoms with E-state index in [0.29, 0.717) is 32.8 Å². The van der Waals surface area contributed by atoms with E-state index in [9.17, 15) is 14.9 Å². The molecule has 1 aliphatic rings. The molecule has 0 radical (unpaired) electrons. The maximum Gasteiger partial charge on any atom is 0.269 e. The summed E-state index contributed by atoms with van der Waals surface area (Å²) in [6, 6.07) is 16.3. The van der Waals surface area contributed by atoms with Crippen molar-refractivity contribution in [3.63, 3.8) is 0 Å². The van der Waals surface area contributed by atoms with Gasteiger partial charge in [0.1, 0.15) is 6.61 Å². The molecule has 0 saturated carbocycles. The molecule has 1 saturated heterocycles. The Morgan fingerprint density at radius 1 is 1.00 bits per heavy atom. The molecule has 0 bridgehead atoms. The fraction of sp³-hybridized carbons (Fsp3) is 0.316. The first-order chi connectivity index (χ1) is 12.6. The van der Waals surface area contributed by atoms with Crippen molar-refractivity contribution >= 4 is 17.3 Å². The highest BCUT2D eigenvalue weighted by molar-refractivity contribution is 5.77. The Labute approximate surface area is 151 Å². The van der Waals surface area contributed by atoms with Crippen LogP contribution in [0.4, 0.5) is 11.4 Å². The molecule has 1 aliphatic heterocycles. The summed E-state index contributed by atoms with van der Waals surface area (Å²) in [7, 11) is 0. The quantitative estimate of drug-likeness (QED) is 0.588. The van der Waals surface area contributed by atoms with Crippen LogP contribution in [-0.2, 0) is 16.1 Å². The van der Waals surface area contributed by atoms with Gasteiger partial charge >= 0.3 is 0 Å². The molecule has 26 heavy (non-hydrogen) atoms. The fourth-order valence-electron chi connectivity index (χ4n) is 2.92. The minimum Gasteiger partial charge on any atom is -0.368 e. The number of rotatable bonds is 6. The topological polar surface area (TPSA) is 75.9 Å². The SMILES string of the molecule is O=C(COCc1ccccc1)N1CCN(c2ccc([N+](=O)[O-])cc2)CC1. The predicted octanol–water partition coefficient (Wildman–Crippen LogP) is 2.46. The van der Waals surface area contributed by atoms with Crippen LogP contribution in [0.5, 0.6) is 0 Å². The minimum atomic E-state index is -0.407. The van der Waals surface area contributed by atoms with E-state index in [0.717, 1.165) is 11.3 Å². The Hall–Kier alpha value is -2.93. The lowest BCUT2D eigenvalue weighted by Gasteiger charge is -2.36. The third kappa shape index (κ3) is 4.58. The van der Waals surface area contributed by atoms with Crippen LogP contribution in [0.25, 0.3) is 0 Å². The zero-order valence-electron chi connectivity index (χ0n) is 14.4. The van der Waals surface area contributed by atoms with Crippen molar-refractivity contribution in [1.82, 2.24) is 4.90 Å². The summed E-state index contributed by atoms with van der Waals surface area (Å²) in [6.07, 6.45) is 0. The molecular weight excluding hydrogens is 334 g/mol. The molecule has 1 heterocycles. The largest absolute Gasteiger partial charge is 0.368 e. The van der Waals surface area contributed by atoms with E-state index in [2.05, 4.69) is 4.90 Å². The number of piperazine rings is 1. The summed E-state index contributed by atoms with van der Waals surface area (Å²) >= 11 is 0. The predicted molar refractivity (Wildman–Crippen MR) is 98.0 cm³/mol. The average molecular weight is 355 g/mol. The lowest BCUT2D eigenvalue weighted by atomic mass is 10.2.